The number of imidazole rings is 1. The molecule has 0 spiro atoms. The Kier molecular flexibility index (Phi) is 5.77. The van der Waals surface area contributed by atoms with E-state index in [4.69, 9.17) is 5.11 Å². The van der Waals surface area contributed by atoms with E-state index in [1.807, 2.05) is 13.8 Å². The van der Waals surface area contributed by atoms with Crippen LogP contribution in [-0.2, 0) is 16.6 Å². The average molecular weight is 275 g/mol. The van der Waals surface area contributed by atoms with Crippen LogP contribution in [0.2, 0.25) is 0 Å². The first-order valence-electron chi connectivity index (χ1n) is 6.15. The van der Waals surface area contributed by atoms with Crippen molar-refractivity contribution < 1.29 is 13.5 Å². The molecule has 18 heavy (non-hydrogen) atoms. The molecule has 7 heteroatoms. The summed E-state index contributed by atoms with van der Waals surface area (Å²) in [5, 5.41) is 8.90. The fourth-order valence-corrected chi connectivity index (χ4v) is 2.65. The van der Waals surface area contributed by atoms with Crippen molar-refractivity contribution in [1.82, 2.24) is 14.3 Å². The molecular weight excluding hydrogens is 254 g/mol. The van der Waals surface area contributed by atoms with Crippen molar-refractivity contribution in [3.8, 4) is 0 Å². The third-order valence-corrected chi connectivity index (χ3v) is 4.23. The summed E-state index contributed by atoms with van der Waals surface area (Å²) in [4.78, 5) is 3.87. The van der Waals surface area contributed by atoms with Crippen LogP contribution >= 0.6 is 0 Å². The minimum absolute atomic E-state index is 0.0446. The highest BCUT2D eigenvalue weighted by atomic mass is 32.2. The highest BCUT2D eigenvalue weighted by molar-refractivity contribution is 7.89. The van der Waals surface area contributed by atoms with E-state index in [0.717, 1.165) is 6.42 Å². The van der Waals surface area contributed by atoms with Gasteiger partial charge >= 0.3 is 0 Å². The molecule has 6 nitrogen and oxygen atoms in total. The van der Waals surface area contributed by atoms with Gasteiger partial charge in [-0.15, -0.1) is 0 Å². The van der Waals surface area contributed by atoms with E-state index in [0.29, 0.717) is 19.5 Å². The second-order valence-electron chi connectivity index (χ2n) is 4.18. The lowest BCUT2D eigenvalue weighted by atomic mass is 10.0. The molecule has 0 aliphatic heterocycles. The average Bonchev–Trinajstić information content (AvgIpc) is 2.84. The molecule has 1 rings (SSSR count). The Hall–Kier alpha value is -0.920. The fourth-order valence-electron chi connectivity index (χ4n) is 1.59. The topological polar surface area (TPSA) is 84.2 Å². The first-order valence-corrected chi connectivity index (χ1v) is 7.64. The smallest absolute Gasteiger partial charge is 0.259 e. The van der Waals surface area contributed by atoms with Crippen LogP contribution < -0.4 is 4.72 Å². The predicted molar refractivity (Wildman–Crippen MR) is 68.6 cm³/mol. The van der Waals surface area contributed by atoms with E-state index in [2.05, 4.69) is 9.71 Å². The number of aliphatic hydroxyl groups excluding tert-OH is 1. The zero-order valence-corrected chi connectivity index (χ0v) is 11.7. The first-order chi connectivity index (χ1) is 8.53. The molecule has 1 heterocycles. The van der Waals surface area contributed by atoms with Crippen molar-refractivity contribution >= 4 is 10.0 Å². The Morgan fingerprint density at radius 1 is 1.50 bits per heavy atom. The molecule has 1 unspecified atom stereocenters. The summed E-state index contributed by atoms with van der Waals surface area (Å²) < 4.78 is 28.1. The van der Waals surface area contributed by atoms with Gasteiger partial charge in [-0.25, -0.2) is 18.1 Å². The van der Waals surface area contributed by atoms with E-state index in [9.17, 15) is 8.42 Å². The highest BCUT2D eigenvalue weighted by Crippen LogP contribution is 2.09. The Morgan fingerprint density at radius 2 is 2.22 bits per heavy atom. The Balaban J connectivity index is 2.64. The molecule has 0 aromatic carbocycles. The van der Waals surface area contributed by atoms with Gasteiger partial charge in [-0.1, -0.05) is 13.3 Å². The molecule has 0 saturated carbocycles. The van der Waals surface area contributed by atoms with E-state index >= 15 is 0 Å². The standard InChI is InChI=1S/C11H21N3O3S/c1-3-10(5-6-15)7-13-18(16,17)11-8-14(4-2)9-12-11/h8-10,13,15H,3-7H2,1-2H3. The zero-order chi connectivity index (χ0) is 13.6. The molecule has 0 radical (unpaired) electrons. The molecule has 104 valence electrons. The third-order valence-electron chi connectivity index (χ3n) is 2.93. The molecule has 1 aromatic rings. The molecule has 1 atom stereocenters. The van der Waals surface area contributed by atoms with Crippen molar-refractivity contribution in [2.45, 2.75) is 38.3 Å². The van der Waals surface area contributed by atoms with Gasteiger partial charge in [0.15, 0.2) is 5.03 Å². The maximum absolute atomic E-state index is 11.9. The van der Waals surface area contributed by atoms with E-state index < -0.39 is 10.0 Å². The molecule has 0 bridgehead atoms. The zero-order valence-electron chi connectivity index (χ0n) is 10.8. The molecular formula is C11H21N3O3S. The van der Waals surface area contributed by atoms with Gasteiger partial charge in [-0.3, -0.25) is 0 Å². The number of nitrogens with zero attached hydrogens (tertiary/aromatic N) is 2. The van der Waals surface area contributed by atoms with Gasteiger partial charge in [-0.05, 0) is 19.3 Å². The van der Waals surface area contributed by atoms with Gasteiger partial charge in [0.2, 0.25) is 0 Å². The van der Waals surface area contributed by atoms with Crippen LogP contribution in [0.1, 0.15) is 26.7 Å². The number of nitrogens with one attached hydrogen (secondary N) is 1. The summed E-state index contributed by atoms with van der Waals surface area (Å²) in [6, 6.07) is 0. The Bertz CT molecular complexity index is 456. The number of hydrogen-bond donors (Lipinski definition) is 2. The lowest BCUT2D eigenvalue weighted by Gasteiger charge is -2.13. The number of aryl methyl sites for hydroxylation is 1. The minimum atomic E-state index is -3.54. The van der Waals surface area contributed by atoms with Crippen molar-refractivity contribution in [1.29, 1.82) is 0 Å². The normalized spacial score (nSPS) is 13.7. The first kappa shape index (κ1) is 15.1. The summed E-state index contributed by atoms with van der Waals surface area (Å²) in [6.07, 6.45) is 4.43. The molecule has 0 amide bonds. The fraction of sp³-hybridized carbons (Fsp3) is 0.727. The molecule has 0 saturated heterocycles. The second kappa shape index (κ2) is 6.86. The van der Waals surface area contributed by atoms with Gasteiger partial charge in [-0.2, -0.15) is 0 Å². The van der Waals surface area contributed by atoms with Crippen molar-refractivity contribution in [2.75, 3.05) is 13.2 Å². The van der Waals surface area contributed by atoms with E-state index in [1.54, 1.807) is 4.57 Å². The van der Waals surface area contributed by atoms with Crippen LogP contribution in [0, 0.1) is 5.92 Å². The monoisotopic (exact) mass is 275 g/mol. The lowest BCUT2D eigenvalue weighted by molar-refractivity contribution is 0.254. The number of aliphatic hydroxyl groups is 1. The molecule has 2 N–H and O–H groups in total. The SMILES string of the molecule is CCC(CCO)CNS(=O)(=O)c1cn(CC)cn1. The summed E-state index contributed by atoms with van der Waals surface area (Å²) in [6.45, 7) is 4.98. The van der Waals surface area contributed by atoms with Crippen LogP contribution in [0.3, 0.4) is 0 Å². The third kappa shape index (κ3) is 4.08. The maximum Gasteiger partial charge on any atom is 0.259 e. The molecule has 0 aliphatic rings. The van der Waals surface area contributed by atoms with Gasteiger partial charge in [0.05, 0.1) is 6.33 Å². The van der Waals surface area contributed by atoms with Gasteiger partial charge in [0.25, 0.3) is 10.0 Å². The highest BCUT2D eigenvalue weighted by Gasteiger charge is 2.18. The van der Waals surface area contributed by atoms with Crippen molar-refractivity contribution in [3.63, 3.8) is 0 Å². The summed E-state index contributed by atoms with van der Waals surface area (Å²) in [5.74, 6) is 0.151. The van der Waals surface area contributed by atoms with E-state index in [1.165, 1.54) is 12.5 Å². The van der Waals surface area contributed by atoms with Crippen LogP contribution in [-0.4, -0.2) is 36.2 Å². The Morgan fingerprint density at radius 3 is 2.72 bits per heavy atom. The minimum Gasteiger partial charge on any atom is -0.396 e. The van der Waals surface area contributed by atoms with Gasteiger partial charge in [0, 0.05) is 25.9 Å². The van der Waals surface area contributed by atoms with E-state index in [-0.39, 0.29) is 17.6 Å². The lowest BCUT2D eigenvalue weighted by Crippen LogP contribution is -2.30. The quantitative estimate of drug-likeness (QED) is 0.727. The second-order valence-corrected chi connectivity index (χ2v) is 5.89. The summed E-state index contributed by atoms with van der Waals surface area (Å²) in [7, 11) is -3.54. The summed E-state index contributed by atoms with van der Waals surface area (Å²) >= 11 is 0. The van der Waals surface area contributed by atoms with Crippen LogP contribution in [0.15, 0.2) is 17.6 Å². The van der Waals surface area contributed by atoms with Crippen molar-refractivity contribution in [2.24, 2.45) is 5.92 Å². The van der Waals surface area contributed by atoms with Gasteiger partial charge in [0.1, 0.15) is 0 Å². The predicted octanol–water partition coefficient (Wildman–Crippen LogP) is 0.590. The number of aromatic nitrogens is 2. The molecule has 1 aromatic heterocycles. The number of hydrogen-bond acceptors (Lipinski definition) is 4. The van der Waals surface area contributed by atoms with Crippen LogP contribution in [0.4, 0.5) is 0 Å². The maximum atomic E-state index is 11.9. The number of rotatable bonds is 8. The number of sulfonamides is 1. The largest absolute Gasteiger partial charge is 0.396 e. The van der Waals surface area contributed by atoms with Crippen molar-refractivity contribution in [3.05, 3.63) is 12.5 Å². The van der Waals surface area contributed by atoms with Gasteiger partial charge < -0.3 is 9.67 Å². The summed E-state index contributed by atoms with van der Waals surface area (Å²) in [5.41, 5.74) is 0. The molecule has 0 aliphatic carbocycles. The van der Waals surface area contributed by atoms with Crippen LogP contribution in [0.25, 0.3) is 0 Å². The Labute approximate surface area is 108 Å². The molecule has 0 fully saturated rings. The van der Waals surface area contributed by atoms with Crippen LogP contribution in [0.5, 0.6) is 0 Å².